The number of carbonyl (C=O) groups is 1. The maximum absolute atomic E-state index is 11.8. The van der Waals surface area contributed by atoms with Crippen LogP contribution >= 0.6 is 0 Å². The van der Waals surface area contributed by atoms with Gasteiger partial charge in [-0.2, -0.15) is 0 Å². The van der Waals surface area contributed by atoms with Crippen molar-refractivity contribution in [2.24, 2.45) is 0 Å². The number of ether oxygens (including phenoxy) is 1. The van der Waals surface area contributed by atoms with Gasteiger partial charge in [0, 0.05) is 6.42 Å². The van der Waals surface area contributed by atoms with Gasteiger partial charge in [-0.3, -0.25) is 4.79 Å². The molecule has 164 valence electrons. The van der Waals surface area contributed by atoms with Gasteiger partial charge in [0.1, 0.15) is 6.61 Å². The van der Waals surface area contributed by atoms with Crippen molar-refractivity contribution >= 4 is 5.97 Å². The van der Waals surface area contributed by atoms with E-state index in [4.69, 9.17) is 4.74 Å². The van der Waals surface area contributed by atoms with Crippen molar-refractivity contribution in [3.63, 3.8) is 0 Å². The molecule has 0 heterocycles. The van der Waals surface area contributed by atoms with Crippen molar-refractivity contribution in [3.8, 4) is 0 Å². The molecule has 0 aromatic carbocycles. The maximum atomic E-state index is 11.8. The molecular weight excluding hydrogens is 344 g/mol. The Balaban J connectivity index is 3.38. The van der Waals surface area contributed by atoms with Gasteiger partial charge in [-0.15, -0.1) is 0 Å². The lowest BCUT2D eigenvalue weighted by Gasteiger charge is -2.04. The molecule has 0 radical (unpaired) electrons. The van der Waals surface area contributed by atoms with Crippen LogP contribution in [0.1, 0.15) is 130 Å². The Morgan fingerprint density at radius 3 is 1.68 bits per heavy atom. The van der Waals surface area contributed by atoms with Gasteiger partial charge in [-0.1, -0.05) is 101 Å². The molecule has 2 nitrogen and oxygen atoms in total. The summed E-state index contributed by atoms with van der Waals surface area (Å²) < 4.78 is 5.32. The average Bonchev–Trinajstić information content (AvgIpc) is 2.65. The standard InChI is InChI=1S/C26H48O2/c1-5-6-7-8-9-10-11-12-13-14-15-16-17-21-26(27)28-23-22-25(4)20-18-19-24(2)3/h19,22H,5-18,20-21,23H2,1-4H3/b25-22-. The summed E-state index contributed by atoms with van der Waals surface area (Å²) in [5.41, 5.74) is 2.66. The fraction of sp³-hybridized carbons (Fsp3) is 0.808. The summed E-state index contributed by atoms with van der Waals surface area (Å²) in [6, 6.07) is 0. The first-order chi connectivity index (χ1) is 13.6. The van der Waals surface area contributed by atoms with Crippen molar-refractivity contribution < 1.29 is 9.53 Å². The van der Waals surface area contributed by atoms with Crippen LogP contribution in [0.4, 0.5) is 0 Å². The Bertz CT molecular complexity index is 416. The van der Waals surface area contributed by atoms with Gasteiger partial charge in [0.25, 0.3) is 0 Å². The zero-order valence-electron chi connectivity index (χ0n) is 19.5. The zero-order valence-corrected chi connectivity index (χ0v) is 19.5. The summed E-state index contributed by atoms with van der Waals surface area (Å²) in [5.74, 6) is -0.0450. The summed E-state index contributed by atoms with van der Waals surface area (Å²) in [6.07, 6.45) is 24.2. The lowest BCUT2D eigenvalue weighted by Crippen LogP contribution is -2.04. The van der Waals surface area contributed by atoms with Crippen molar-refractivity contribution in [2.45, 2.75) is 130 Å². The second-order valence-corrected chi connectivity index (χ2v) is 8.55. The summed E-state index contributed by atoms with van der Waals surface area (Å²) in [5, 5.41) is 0. The monoisotopic (exact) mass is 392 g/mol. The van der Waals surface area contributed by atoms with E-state index in [2.05, 4.69) is 33.8 Å². The van der Waals surface area contributed by atoms with Gasteiger partial charge in [0.05, 0.1) is 0 Å². The van der Waals surface area contributed by atoms with E-state index in [-0.39, 0.29) is 5.97 Å². The highest BCUT2D eigenvalue weighted by Crippen LogP contribution is 2.13. The predicted molar refractivity (Wildman–Crippen MR) is 124 cm³/mol. The number of carbonyl (C=O) groups excluding carboxylic acids is 1. The fourth-order valence-electron chi connectivity index (χ4n) is 3.33. The first kappa shape index (κ1) is 27.0. The SMILES string of the molecule is CCCCCCCCCCCCCCCC(=O)OC/C=C(/C)CCC=C(C)C. The van der Waals surface area contributed by atoms with E-state index >= 15 is 0 Å². The minimum Gasteiger partial charge on any atom is -0.461 e. The van der Waals surface area contributed by atoms with Gasteiger partial charge in [0.2, 0.25) is 0 Å². The van der Waals surface area contributed by atoms with Gasteiger partial charge in [0.15, 0.2) is 0 Å². The first-order valence-corrected chi connectivity index (χ1v) is 12.0. The molecule has 0 amide bonds. The van der Waals surface area contributed by atoms with Crippen LogP contribution in [0.25, 0.3) is 0 Å². The largest absolute Gasteiger partial charge is 0.461 e. The molecule has 28 heavy (non-hydrogen) atoms. The molecule has 0 unspecified atom stereocenters. The first-order valence-electron chi connectivity index (χ1n) is 12.0. The van der Waals surface area contributed by atoms with Crippen LogP contribution < -0.4 is 0 Å². The Hall–Kier alpha value is -1.05. The molecule has 2 heteroatoms. The molecule has 0 saturated heterocycles. The van der Waals surface area contributed by atoms with Crippen molar-refractivity contribution in [1.29, 1.82) is 0 Å². The van der Waals surface area contributed by atoms with Crippen LogP contribution in [0, 0.1) is 0 Å². The molecule has 0 fully saturated rings. The molecule has 0 rings (SSSR count). The molecule has 0 spiro atoms. The Morgan fingerprint density at radius 2 is 1.18 bits per heavy atom. The minimum atomic E-state index is -0.0450. The number of unbranched alkanes of at least 4 members (excludes halogenated alkanes) is 12. The molecule has 0 aliphatic carbocycles. The van der Waals surface area contributed by atoms with Crippen LogP contribution in [0.3, 0.4) is 0 Å². The summed E-state index contributed by atoms with van der Waals surface area (Å²) in [4.78, 5) is 11.8. The molecule has 0 atom stereocenters. The third kappa shape index (κ3) is 21.3. The van der Waals surface area contributed by atoms with Crippen molar-refractivity contribution in [2.75, 3.05) is 6.61 Å². The van der Waals surface area contributed by atoms with Gasteiger partial charge < -0.3 is 4.74 Å². The van der Waals surface area contributed by atoms with Gasteiger partial charge in [-0.05, 0) is 46.1 Å². The van der Waals surface area contributed by atoms with Crippen LogP contribution in [-0.4, -0.2) is 12.6 Å². The van der Waals surface area contributed by atoms with E-state index < -0.39 is 0 Å². The average molecular weight is 393 g/mol. The summed E-state index contributed by atoms with van der Waals surface area (Å²) in [6.45, 7) is 9.06. The minimum absolute atomic E-state index is 0.0450. The Morgan fingerprint density at radius 1 is 0.679 bits per heavy atom. The number of esters is 1. The molecule has 0 aromatic heterocycles. The van der Waals surface area contributed by atoms with E-state index in [1.807, 2.05) is 6.08 Å². The topological polar surface area (TPSA) is 26.3 Å². The molecule has 0 aliphatic rings. The Kier molecular flexibility index (Phi) is 19.9. The lowest BCUT2D eigenvalue weighted by atomic mass is 10.0. The number of allylic oxidation sites excluding steroid dienone is 3. The van der Waals surface area contributed by atoms with Gasteiger partial charge in [-0.25, -0.2) is 0 Å². The van der Waals surface area contributed by atoms with E-state index in [0.29, 0.717) is 13.0 Å². The molecule has 0 aliphatic heterocycles. The quantitative estimate of drug-likeness (QED) is 0.125. The molecule has 0 N–H and O–H groups in total. The fourth-order valence-corrected chi connectivity index (χ4v) is 3.33. The highest BCUT2D eigenvalue weighted by Gasteiger charge is 2.02. The molecule has 0 bridgehead atoms. The maximum Gasteiger partial charge on any atom is 0.306 e. The number of hydrogen-bond donors (Lipinski definition) is 0. The van der Waals surface area contributed by atoms with E-state index in [0.717, 1.165) is 25.7 Å². The molecule has 0 aromatic rings. The third-order valence-electron chi connectivity index (χ3n) is 5.25. The lowest BCUT2D eigenvalue weighted by molar-refractivity contribution is -0.142. The van der Waals surface area contributed by atoms with Crippen LogP contribution in [0.15, 0.2) is 23.3 Å². The molecular formula is C26H48O2. The number of hydrogen-bond acceptors (Lipinski definition) is 2. The van der Waals surface area contributed by atoms with E-state index in [1.54, 1.807) is 0 Å². The van der Waals surface area contributed by atoms with E-state index in [9.17, 15) is 4.79 Å². The number of rotatable bonds is 19. The highest BCUT2D eigenvalue weighted by molar-refractivity contribution is 5.69. The smallest absolute Gasteiger partial charge is 0.306 e. The van der Waals surface area contributed by atoms with Crippen LogP contribution in [0.2, 0.25) is 0 Å². The zero-order chi connectivity index (χ0) is 20.9. The van der Waals surface area contributed by atoms with Crippen LogP contribution in [-0.2, 0) is 9.53 Å². The van der Waals surface area contributed by atoms with E-state index in [1.165, 1.54) is 81.8 Å². The van der Waals surface area contributed by atoms with Crippen LogP contribution in [0.5, 0.6) is 0 Å². The third-order valence-corrected chi connectivity index (χ3v) is 5.25. The van der Waals surface area contributed by atoms with Crippen molar-refractivity contribution in [3.05, 3.63) is 23.3 Å². The van der Waals surface area contributed by atoms with Crippen molar-refractivity contribution in [1.82, 2.24) is 0 Å². The summed E-state index contributed by atoms with van der Waals surface area (Å²) in [7, 11) is 0. The predicted octanol–water partition coefficient (Wildman–Crippen LogP) is 8.70. The Labute approximate surface area is 176 Å². The van der Waals surface area contributed by atoms with Gasteiger partial charge >= 0.3 is 5.97 Å². The highest BCUT2D eigenvalue weighted by atomic mass is 16.5. The second kappa shape index (κ2) is 20.7. The molecule has 0 saturated carbocycles. The summed E-state index contributed by atoms with van der Waals surface area (Å²) >= 11 is 0. The second-order valence-electron chi connectivity index (χ2n) is 8.55. The normalized spacial score (nSPS) is 11.5.